The summed E-state index contributed by atoms with van der Waals surface area (Å²) in [5.74, 6) is 8.36. The fourth-order valence-electron chi connectivity index (χ4n) is 7.13. The van der Waals surface area contributed by atoms with Gasteiger partial charge in [-0.1, -0.05) is 62.1 Å². The SMILES string of the molecule is CSc1ccc(C2OCC3(C)C(C#Cc4ccccc4)=CCC3C3CCC4=CC(=O)CC(C)C4=C23)cc1. The molecule has 37 heavy (non-hydrogen) atoms. The Hall–Kier alpha value is -2.80. The molecule has 0 amide bonds. The fourth-order valence-corrected chi connectivity index (χ4v) is 7.54. The lowest BCUT2D eigenvalue weighted by Crippen LogP contribution is -2.35. The van der Waals surface area contributed by atoms with Gasteiger partial charge in [0.05, 0.1) is 6.61 Å². The number of carbonyl (C=O) groups is 1. The second kappa shape index (κ2) is 9.82. The van der Waals surface area contributed by atoms with E-state index < -0.39 is 0 Å². The molecule has 0 aromatic heterocycles. The maximum Gasteiger partial charge on any atom is 0.156 e. The lowest BCUT2D eigenvalue weighted by molar-refractivity contribution is -0.115. The molecule has 4 aliphatic rings. The Kier molecular flexibility index (Phi) is 6.51. The van der Waals surface area contributed by atoms with Crippen LogP contribution in [0.1, 0.15) is 56.8 Å². The van der Waals surface area contributed by atoms with Crippen molar-refractivity contribution in [3.63, 3.8) is 0 Å². The summed E-state index contributed by atoms with van der Waals surface area (Å²) in [5.41, 5.74) is 7.46. The summed E-state index contributed by atoms with van der Waals surface area (Å²) in [4.78, 5) is 13.7. The van der Waals surface area contributed by atoms with E-state index >= 15 is 0 Å². The highest BCUT2D eigenvalue weighted by Crippen LogP contribution is 2.59. The zero-order valence-electron chi connectivity index (χ0n) is 21.9. The summed E-state index contributed by atoms with van der Waals surface area (Å²) in [6.07, 6.45) is 10.0. The average molecular weight is 507 g/mol. The van der Waals surface area contributed by atoms with E-state index in [2.05, 4.69) is 74.4 Å². The summed E-state index contributed by atoms with van der Waals surface area (Å²) >= 11 is 1.76. The number of fused-ring (bicyclic) bond motifs is 4. The lowest BCUT2D eigenvalue weighted by atomic mass is 9.61. The van der Waals surface area contributed by atoms with Crippen LogP contribution in [0.15, 0.2) is 93.9 Å². The van der Waals surface area contributed by atoms with Gasteiger partial charge >= 0.3 is 0 Å². The van der Waals surface area contributed by atoms with Crippen molar-refractivity contribution in [2.24, 2.45) is 23.2 Å². The van der Waals surface area contributed by atoms with Gasteiger partial charge in [-0.2, -0.15) is 0 Å². The number of benzene rings is 2. The normalized spacial score (nSPS) is 30.7. The molecule has 2 aromatic carbocycles. The third-order valence-corrected chi connectivity index (χ3v) is 9.72. The van der Waals surface area contributed by atoms with E-state index in [1.165, 1.54) is 32.8 Å². The topological polar surface area (TPSA) is 26.3 Å². The van der Waals surface area contributed by atoms with E-state index in [1.54, 1.807) is 11.8 Å². The molecule has 6 rings (SSSR count). The van der Waals surface area contributed by atoms with Crippen LogP contribution in [0.5, 0.6) is 0 Å². The maximum absolute atomic E-state index is 12.5. The molecular weight excluding hydrogens is 472 g/mol. The Morgan fingerprint density at radius 1 is 1.05 bits per heavy atom. The molecule has 2 aromatic rings. The molecule has 0 bridgehead atoms. The van der Waals surface area contributed by atoms with Gasteiger partial charge in [-0.3, -0.25) is 4.79 Å². The minimum Gasteiger partial charge on any atom is -0.368 e. The molecule has 5 unspecified atom stereocenters. The highest BCUT2D eigenvalue weighted by molar-refractivity contribution is 7.98. The Balaban J connectivity index is 1.45. The minimum atomic E-state index is -0.124. The number of hydrogen-bond donors (Lipinski definition) is 0. The van der Waals surface area contributed by atoms with Gasteiger partial charge in [0.1, 0.15) is 6.10 Å². The van der Waals surface area contributed by atoms with Crippen molar-refractivity contribution in [1.29, 1.82) is 0 Å². The Labute approximate surface area is 225 Å². The van der Waals surface area contributed by atoms with Crippen LogP contribution in [0.4, 0.5) is 0 Å². The quantitative estimate of drug-likeness (QED) is 0.308. The van der Waals surface area contributed by atoms with Gasteiger partial charge in [0, 0.05) is 27.9 Å². The van der Waals surface area contributed by atoms with Crippen molar-refractivity contribution in [2.75, 3.05) is 12.9 Å². The van der Waals surface area contributed by atoms with Crippen molar-refractivity contribution >= 4 is 17.5 Å². The van der Waals surface area contributed by atoms with Gasteiger partial charge in [-0.25, -0.2) is 0 Å². The predicted octanol–water partition coefficient (Wildman–Crippen LogP) is 7.73. The van der Waals surface area contributed by atoms with E-state index in [0.717, 1.165) is 24.8 Å². The van der Waals surface area contributed by atoms with E-state index in [9.17, 15) is 4.79 Å². The van der Waals surface area contributed by atoms with Gasteiger partial charge in [0.25, 0.3) is 0 Å². The molecule has 1 fully saturated rings. The van der Waals surface area contributed by atoms with E-state index in [0.29, 0.717) is 24.9 Å². The Morgan fingerprint density at radius 3 is 2.59 bits per heavy atom. The van der Waals surface area contributed by atoms with Gasteiger partial charge in [0.2, 0.25) is 0 Å². The van der Waals surface area contributed by atoms with Crippen molar-refractivity contribution in [1.82, 2.24) is 0 Å². The molecule has 1 aliphatic heterocycles. The smallest absolute Gasteiger partial charge is 0.156 e. The zero-order valence-corrected chi connectivity index (χ0v) is 22.7. The molecule has 1 saturated heterocycles. The van der Waals surface area contributed by atoms with Crippen molar-refractivity contribution < 1.29 is 9.53 Å². The average Bonchev–Trinajstić information content (AvgIpc) is 3.17. The summed E-state index contributed by atoms with van der Waals surface area (Å²) in [7, 11) is 0. The molecule has 2 nitrogen and oxygen atoms in total. The van der Waals surface area contributed by atoms with Gasteiger partial charge in [-0.15, -0.1) is 11.8 Å². The fraction of sp³-hybridized carbons (Fsp3) is 0.382. The van der Waals surface area contributed by atoms with Crippen LogP contribution in [-0.4, -0.2) is 18.6 Å². The van der Waals surface area contributed by atoms with Crippen LogP contribution in [0.25, 0.3) is 0 Å². The van der Waals surface area contributed by atoms with Crippen molar-refractivity contribution in [3.05, 3.63) is 100 Å². The molecule has 5 atom stereocenters. The molecule has 0 saturated carbocycles. The van der Waals surface area contributed by atoms with Crippen LogP contribution >= 0.6 is 11.8 Å². The highest BCUT2D eigenvalue weighted by Gasteiger charge is 2.52. The third-order valence-electron chi connectivity index (χ3n) is 8.98. The lowest BCUT2D eigenvalue weighted by Gasteiger charge is -2.41. The van der Waals surface area contributed by atoms with E-state index in [1.807, 2.05) is 24.3 Å². The van der Waals surface area contributed by atoms with Gasteiger partial charge in [-0.05, 0) is 95.9 Å². The number of ether oxygens (including phenoxy) is 1. The number of allylic oxidation sites excluding steroid dienone is 4. The first kappa shape index (κ1) is 24.5. The second-order valence-electron chi connectivity index (χ2n) is 11.2. The van der Waals surface area contributed by atoms with Gasteiger partial charge < -0.3 is 4.74 Å². The molecule has 1 heterocycles. The van der Waals surface area contributed by atoms with Crippen LogP contribution in [-0.2, 0) is 9.53 Å². The molecule has 3 aliphatic carbocycles. The summed E-state index contributed by atoms with van der Waals surface area (Å²) < 4.78 is 6.97. The zero-order chi connectivity index (χ0) is 25.6. The molecular formula is C34H34O2S. The number of hydrogen-bond acceptors (Lipinski definition) is 3. The monoisotopic (exact) mass is 506 g/mol. The van der Waals surface area contributed by atoms with Gasteiger partial charge in [0.15, 0.2) is 5.78 Å². The maximum atomic E-state index is 12.5. The number of ketones is 1. The standard InChI is InChI=1S/C34H34O2S/c1-22-19-27(35)20-25-12-17-29-30-18-14-26(13-9-23-7-5-4-6-8-23)34(30,2)21-36-33(32(29)31(22)25)24-10-15-28(37-3)16-11-24/h4-8,10-11,14-16,20,22,29-30,33H,12,17-19,21H2,1-3H3. The number of rotatable bonds is 2. The predicted molar refractivity (Wildman–Crippen MR) is 151 cm³/mol. The highest BCUT2D eigenvalue weighted by atomic mass is 32.2. The van der Waals surface area contributed by atoms with E-state index in [-0.39, 0.29) is 23.2 Å². The summed E-state index contributed by atoms with van der Waals surface area (Å²) in [6.45, 7) is 5.26. The van der Waals surface area contributed by atoms with Crippen molar-refractivity contribution in [3.8, 4) is 11.8 Å². The first-order valence-electron chi connectivity index (χ1n) is 13.5. The first-order valence-corrected chi connectivity index (χ1v) is 14.7. The van der Waals surface area contributed by atoms with E-state index in [4.69, 9.17) is 4.74 Å². The molecule has 0 radical (unpaired) electrons. The van der Waals surface area contributed by atoms with Crippen LogP contribution in [0, 0.1) is 35.0 Å². The second-order valence-corrected chi connectivity index (χ2v) is 12.1. The van der Waals surface area contributed by atoms with Crippen LogP contribution < -0.4 is 0 Å². The van der Waals surface area contributed by atoms with Crippen LogP contribution in [0.3, 0.4) is 0 Å². The minimum absolute atomic E-state index is 0.0824. The number of carbonyl (C=O) groups excluding carboxylic acids is 1. The summed E-state index contributed by atoms with van der Waals surface area (Å²) in [5, 5.41) is 0. The number of thioether (sulfide) groups is 1. The van der Waals surface area contributed by atoms with Crippen LogP contribution in [0.2, 0.25) is 0 Å². The first-order chi connectivity index (χ1) is 18.0. The van der Waals surface area contributed by atoms with Crippen molar-refractivity contribution in [2.45, 2.75) is 50.5 Å². The largest absolute Gasteiger partial charge is 0.368 e. The Morgan fingerprint density at radius 2 is 1.84 bits per heavy atom. The third kappa shape index (κ3) is 4.35. The molecule has 3 heteroatoms. The molecule has 188 valence electrons. The summed E-state index contributed by atoms with van der Waals surface area (Å²) in [6, 6.07) is 19.2. The molecule has 0 spiro atoms. The Bertz CT molecular complexity index is 1370. The molecule has 0 N–H and O–H groups in total.